The number of nitrogens with one attached hydrogen (secondary N) is 2. The molecule has 5 nitrogen and oxygen atoms in total. The number of anilines is 1. The maximum atomic E-state index is 11.8. The van der Waals surface area contributed by atoms with Gasteiger partial charge in [0.2, 0.25) is 0 Å². The van der Waals surface area contributed by atoms with Gasteiger partial charge in [0.1, 0.15) is 0 Å². The van der Waals surface area contributed by atoms with Crippen LogP contribution < -0.4 is 10.6 Å². The van der Waals surface area contributed by atoms with Gasteiger partial charge in [-0.25, -0.2) is 4.79 Å². The number of urea groups is 1. The Morgan fingerprint density at radius 3 is 2.90 bits per heavy atom. The van der Waals surface area contributed by atoms with Crippen molar-refractivity contribution in [3.8, 4) is 0 Å². The second kappa shape index (κ2) is 6.72. The maximum absolute atomic E-state index is 11.8. The third kappa shape index (κ3) is 3.95. The summed E-state index contributed by atoms with van der Waals surface area (Å²) in [4.78, 5) is 11.8. The monoisotopic (exact) mass is 278 g/mol. The minimum atomic E-state index is -0.543. The maximum Gasteiger partial charge on any atom is 0.319 e. The zero-order valence-electron chi connectivity index (χ0n) is 11.9. The first-order valence-corrected chi connectivity index (χ1v) is 7.05. The molecule has 2 amide bonds. The highest BCUT2D eigenvalue weighted by Crippen LogP contribution is 2.23. The number of rotatable bonds is 5. The highest BCUT2D eigenvalue weighted by molar-refractivity contribution is 5.89. The third-order valence-electron chi connectivity index (χ3n) is 3.46. The van der Waals surface area contributed by atoms with Gasteiger partial charge in [-0.3, -0.25) is 0 Å². The van der Waals surface area contributed by atoms with Crippen molar-refractivity contribution in [2.24, 2.45) is 0 Å². The fourth-order valence-corrected chi connectivity index (χ4v) is 2.28. The van der Waals surface area contributed by atoms with Crippen molar-refractivity contribution in [1.82, 2.24) is 5.32 Å². The van der Waals surface area contributed by atoms with Crippen molar-refractivity contribution in [2.75, 3.05) is 11.9 Å². The molecule has 0 saturated heterocycles. The van der Waals surface area contributed by atoms with Crippen LogP contribution in [0.4, 0.5) is 10.5 Å². The predicted octanol–water partition coefficient (Wildman–Crippen LogP) is 2.43. The minimum absolute atomic E-state index is 0.187. The first-order valence-electron chi connectivity index (χ1n) is 7.05. The van der Waals surface area contributed by atoms with Crippen LogP contribution >= 0.6 is 0 Å². The van der Waals surface area contributed by atoms with Gasteiger partial charge in [-0.2, -0.15) is 0 Å². The molecule has 1 atom stereocenters. The summed E-state index contributed by atoms with van der Waals surface area (Å²) in [7, 11) is 0. The Morgan fingerprint density at radius 1 is 1.50 bits per heavy atom. The molecule has 1 aromatic rings. The SMILES string of the molecule is CCOC1CC(NC(=O)Nc2cccc(C(C)O)c2)C1. The van der Waals surface area contributed by atoms with Crippen LogP contribution in [0.1, 0.15) is 38.4 Å². The number of carbonyl (C=O) groups excluding carboxylic acids is 1. The second-order valence-electron chi connectivity index (χ2n) is 5.15. The average Bonchev–Trinajstić information content (AvgIpc) is 2.36. The van der Waals surface area contributed by atoms with Gasteiger partial charge in [-0.1, -0.05) is 12.1 Å². The molecule has 1 aliphatic carbocycles. The number of hydrogen-bond acceptors (Lipinski definition) is 3. The number of amides is 2. The van der Waals surface area contributed by atoms with E-state index in [-0.39, 0.29) is 18.2 Å². The summed E-state index contributed by atoms with van der Waals surface area (Å²) in [5.74, 6) is 0. The van der Waals surface area contributed by atoms with Gasteiger partial charge in [0.25, 0.3) is 0 Å². The van der Waals surface area contributed by atoms with Gasteiger partial charge in [-0.05, 0) is 44.4 Å². The van der Waals surface area contributed by atoms with E-state index in [1.807, 2.05) is 19.1 Å². The molecule has 5 heteroatoms. The normalized spacial score (nSPS) is 22.8. The smallest absolute Gasteiger partial charge is 0.319 e. The fourth-order valence-electron chi connectivity index (χ4n) is 2.28. The van der Waals surface area contributed by atoms with Crippen molar-refractivity contribution < 1.29 is 14.6 Å². The van der Waals surface area contributed by atoms with Crippen LogP contribution in [0.5, 0.6) is 0 Å². The molecule has 1 fully saturated rings. The van der Waals surface area contributed by atoms with Crippen LogP contribution in [0.3, 0.4) is 0 Å². The molecule has 0 aromatic heterocycles. The third-order valence-corrected chi connectivity index (χ3v) is 3.46. The van der Waals surface area contributed by atoms with Gasteiger partial charge in [0.15, 0.2) is 0 Å². The number of carbonyl (C=O) groups is 1. The Labute approximate surface area is 119 Å². The lowest BCUT2D eigenvalue weighted by Gasteiger charge is -2.35. The lowest BCUT2D eigenvalue weighted by atomic mass is 9.89. The average molecular weight is 278 g/mol. The predicted molar refractivity (Wildman–Crippen MR) is 77.7 cm³/mol. The Balaban J connectivity index is 1.79. The van der Waals surface area contributed by atoms with Crippen LogP contribution in [0, 0.1) is 0 Å². The molecule has 1 aromatic carbocycles. The van der Waals surface area contributed by atoms with Crippen molar-refractivity contribution in [3.05, 3.63) is 29.8 Å². The zero-order chi connectivity index (χ0) is 14.5. The van der Waals surface area contributed by atoms with Crippen LogP contribution in [0.25, 0.3) is 0 Å². The Hall–Kier alpha value is -1.59. The van der Waals surface area contributed by atoms with E-state index in [2.05, 4.69) is 10.6 Å². The standard InChI is InChI=1S/C15H22N2O3/c1-3-20-14-8-13(9-14)17-15(19)16-12-6-4-5-11(7-12)10(2)18/h4-7,10,13-14,18H,3,8-9H2,1-2H3,(H2,16,17,19). The van der Waals surface area contributed by atoms with Crippen LogP contribution in [-0.2, 0) is 4.74 Å². The quantitative estimate of drug-likeness (QED) is 0.774. The number of hydrogen-bond donors (Lipinski definition) is 3. The minimum Gasteiger partial charge on any atom is -0.389 e. The Morgan fingerprint density at radius 2 is 2.25 bits per heavy atom. The molecule has 1 unspecified atom stereocenters. The first-order chi connectivity index (χ1) is 9.58. The summed E-state index contributed by atoms with van der Waals surface area (Å²) in [6, 6.07) is 7.18. The molecule has 1 saturated carbocycles. The van der Waals surface area contributed by atoms with Gasteiger partial charge in [0.05, 0.1) is 12.2 Å². The molecule has 2 rings (SSSR count). The first kappa shape index (κ1) is 14.8. The van der Waals surface area contributed by atoms with Crippen LogP contribution in [-0.4, -0.2) is 29.9 Å². The van der Waals surface area contributed by atoms with E-state index in [1.54, 1.807) is 19.1 Å². The summed E-state index contributed by atoms with van der Waals surface area (Å²) in [5, 5.41) is 15.2. The summed E-state index contributed by atoms with van der Waals surface area (Å²) in [6.07, 6.45) is 1.48. The van der Waals surface area contributed by atoms with Gasteiger partial charge in [-0.15, -0.1) is 0 Å². The summed E-state index contributed by atoms with van der Waals surface area (Å²) < 4.78 is 5.45. The Kier molecular flexibility index (Phi) is 4.98. The number of aliphatic hydroxyl groups is 1. The van der Waals surface area contributed by atoms with E-state index in [0.717, 1.165) is 25.0 Å². The van der Waals surface area contributed by atoms with E-state index < -0.39 is 6.10 Å². The number of ether oxygens (including phenoxy) is 1. The molecular formula is C15H22N2O3. The zero-order valence-corrected chi connectivity index (χ0v) is 11.9. The van der Waals surface area contributed by atoms with E-state index in [0.29, 0.717) is 5.69 Å². The van der Waals surface area contributed by atoms with Crippen LogP contribution in [0.2, 0.25) is 0 Å². The molecule has 0 bridgehead atoms. The summed E-state index contributed by atoms with van der Waals surface area (Å²) >= 11 is 0. The molecule has 0 spiro atoms. The van der Waals surface area contributed by atoms with E-state index in [1.165, 1.54) is 0 Å². The van der Waals surface area contributed by atoms with E-state index in [4.69, 9.17) is 4.74 Å². The van der Waals surface area contributed by atoms with Gasteiger partial charge < -0.3 is 20.5 Å². The van der Waals surface area contributed by atoms with Crippen molar-refractivity contribution in [1.29, 1.82) is 0 Å². The number of benzene rings is 1. The number of aliphatic hydroxyl groups excluding tert-OH is 1. The molecule has 1 aliphatic rings. The second-order valence-corrected chi connectivity index (χ2v) is 5.15. The summed E-state index contributed by atoms with van der Waals surface area (Å²) in [6.45, 7) is 4.39. The topological polar surface area (TPSA) is 70.6 Å². The van der Waals surface area contributed by atoms with Crippen molar-refractivity contribution in [2.45, 2.75) is 44.9 Å². The van der Waals surface area contributed by atoms with Gasteiger partial charge in [0, 0.05) is 18.3 Å². The molecule has 3 N–H and O–H groups in total. The largest absolute Gasteiger partial charge is 0.389 e. The molecule has 0 heterocycles. The van der Waals surface area contributed by atoms with E-state index >= 15 is 0 Å². The molecule has 20 heavy (non-hydrogen) atoms. The van der Waals surface area contributed by atoms with Crippen LogP contribution in [0.15, 0.2) is 24.3 Å². The van der Waals surface area contributed by atoms with Crippen molar-refractivity contribution >= 4 is 11.7 Å². The van der Waals surface area contributed by atoms with Gasteiger partial charge >= 0.3 is 6.03 Å². The molecule has 0 radical (unpaired) electrons. The lowest BCUT2D eigenvalue weighted by molar-refractivity contribution is -0.00673. The fraction of sp³-hybridized carbons (Fsp3) is 0.533. The highest BCUT2D eigenvalue weighted by atomic mass is 16.5. The lowest BCUT2D eigenvalue weighted by Crippen LogP contribution is -2.49. The molecular weight excluding hydrogens is 256 g/mol. The Bertz CT molecular complexity index is 456. The molecule has 0 aliphatic heterocycles. The van der Waals surface area contributed by atoms with E-state index in [9.17, 15) is 9.90 Å². The van der Waals surface area contributed by atoms with Crippen molar-refractivity contribution in [3.63, 3.8) is 0 Å². The summed E-state index contributed by atoms with van der Waals surface area (Å²) in [5.41, 5.74) is 1.46. The highest BCUT2D eigenvalue weighted by Gasteiger charge is 2.30. The molecule has 110 valence electrons.